The molecule has 6 heteroatoms. The van der Waals surface area contributed by atoms with Crippen LogP contribution in [-0.2, 0) is 19.4 Å². The molecule has 0 radical (unpaired) electrons. The Kier molecular flexibility index (Phi) is 7.88. The first-order valence-electron chi connectivity index (χ1n) is 12.8. The van der Waals surface area contributed by atoms with Crippen molar-refractivity contribution in [2.24, 2.45) is 0 Å². The first-order chi connectivity index (χ1) is 16.5. The van der Waals surface area contributed by atoms with Gasteiger partial charge in [0.25, 0.3) is 11.5 Å². The maximum absolute atomic E-state index is 13.4. The first kappa shape index (κ1) is 24.3. The van der Waals surface area contributed by atoms with Gasteiger partial charge in [0.1, 0.15) is 0 Å². The molecule has 2 N–H and O–H groups in total. The molecule has 34 heavy (non-hydrogen) atoms. The highest BCUT2D eigenvalue weighted by Crippen LogP contribution is 2.30. The smallest absolute Gasteiger partial charge is 0.253 e. The van der Waals surface area contributed by atoms with Gasteiger partial charge in [-0.2, -0.15) is 0 Å². The molecule has 1 aromatic carbocycles. The van der Waals surface area contributed by atoms with E-state index in [9.17, 15) is 9.59 Å². The Morgan fingerprint density at radius 2 is 1.88 bits per heavy atom. The second kappa shape index (κ2) is 11.0. The third-order valence-corrected chi connectivity index (χ3v) is 7.35. The van der Waals surface area contributed by atoms with Crippen LogP contribution in [-0.4, -0.2) is 48.0 Å². The SMILES string of the molecule is CCN1CCC(N(CC)c2cccc3c2C/C=C\CCc2cc(C)[nH]c(=O)c2CNC3=O)CC1. The molecular weight excluding hydrogens is 424 g/mol. The summed E-state index contributed by atoms with van der Waals surface area (Å²) in [7, 11) is 0. The molecule has 0 spiro atoms. The van der Waals surface area contributed by atoms with E-state index in [1.165, 1.54) is 5.69 Å². The summed E-state index contributed by atoms with van der Waals surface area (Å²) in [5.74, 6) is -0.117. The van der Waals surface area contributed by atoms with Gasteiger partial charge in [-0.15, -0.1) is 0 Å². The van der Waals surface area contributed by atoms with Crippen LogP contribution in [0, 0.1) is 6.92 Å². The average Bonchev–Trinajstić information content (AvgIpc) is 2.83. The predicted molar refractivity (Wildman–Crippen MR) is 139 cm³/mol. The number of carbonyl (C=O) groups excluding carboxylic acids is 1. The third kappa shape index (κ3) is 5.27. The molecule has 2 aliphatic rings. The maximum Gasteiger partial charge on any atom is 0.253 e. The number of hydrogen-bond donors (Lipinski definition) is 2. The van der Waals surface area contributed by atoms with Gasteiger partial charge in [0.15, 0.2) is 0 Å². The van der Waals surface area contributed by atoms with Crippen molar-refractivity contribution in [3.63, 3.8) is 0 Å². The molecule has 0 atom stereocenters. The fourth-order valence-electron chi connectivity index (χ4n) is 5.47. The van der Waals surface area contributed by atoms with Crippen molar-refractivity contribution < 1.29 is 4.79 Å². The van der Waals surface area contributed by atoms with Crippen LogP contribution >= 0.6 is 0 Å². The Bertz CT molecular complexity index is 1100. The molecule has 0 aliphatic carbocycles. The number of anilines is 1. The lowest BCUT2D eigenvalue weighted by molar-refractivity contribution is 0.0950. The number of carbonyl (C=O) groups is 1. The highest BCUT2D eigenvalue weighted by molar-refractivity contribution is 5.97. The Labute approximate surface area is 203 Å². The second-order valence-corrected chi connectivity index (χ2v) is 9.44. The van der Waals surface area contributed by atoms with Crippen molar-refractivity contribution >= 4 is 11.6 Å². The van der Waals surface area contributed by atoms with E-state index in [1.807, 2.05) is 25.1 Å². The number of likely N-dealkylation sites (tertiary alicyclic amines) is 1. The van der Waals surface area contributed by atoms with Gasteiger partial charge in [-0.1, -0.05) is 25.1 Å². The molecule has 0 bridgehead atoms. The normalized spacial score (nSPS) is 18.7. The lowest BCUT2D eigenvalue weighted by Crippen LogP contribution is -2.45. The molecular formula is C28H38N4O2. The van der Waals surface area contributed by atoms with E-state index in [2.05, 4.69) is 52.2 Å². The summed E-state index contributed by atoms with van der Waals surface area (Å²) < 4.78 is 0. The minimum absolute atomic E-state index is 0.110. The molecule has 1 aromatic heterocycles. The van der Waals surface area contributed by atoms with Crippen molar-refractivity contribution in [3.05, 3.63) is 74.7 Å². The van der Waals surface area contributed by atoms with Crippen molar-refractivity contribution in [1.82, 2.24) is 15.2 Å². The molecule has 2 aliphatic heterocycles. The van der Waals surface area contributed by atoms with Gasteiger partial charge in [-0.3, -0.25) is 9.59 Å². The van der Waals surface area contributed by atoms with Gasteiger partial charge in [-0.05, 0) is 81.8 Å². The number of amides is 1. The van der Waals surface area contributed by atoms with Crippen LogP contribution in [0.2, 0.25) is 0 Å². The number of aromatic amines is 1. The zero-order valence-electron chi connectivity index (χ0n) is 20.8. The van der Waals surface area contributed by atoms with E-state index >= 15 is 0 Å². The van der Waals surface area contributed by atoms with Crippen LogP contribution in [0.4, 0.5) is 5.69 Å². The Morgan fingerprint density at radius 1 is 1.09 bits per heavy atom. The van der Waals surface area contributed by atoms with Crippen molar-refractivity contribution in [2.45, 2.75) is 65.5 Å². The molecule has 182 valence electrons. The molecule has 1 amide bonds. The number of aromatic nitrogens is 1. The monoisotopic (exact) mass is 462 g/mol. The quantitative estimate of drug-likeness (QED) is 0.675. The summed E-state index contributed by atoms with van der Waals surface area (Å²) in [5, 5.41) is 3.04. The standard InChI is InChI=1S/C28H38N4O2/c1-4-31-16-14-22(15-17-31)32(5-2)26-13-9-12-24-23(26)11-8-6-7-10-21-18-20(3)30-28(34)25(21)19-29-27(24)33/h6,8-9,12-13,18,22H,4-5,7,10-11,14-17,19H2,1-3H3,(H,29,33)(H,30,34)/b8-6-. The maximum atomic E-state index is 13.4. The lowest BCUT2D eigenvalue weighted by atomic mass is 9.96. The van der Waals surface area contributed by atoms with Crippen LogP contribution < -0.4 is 15.8 Å². The van der Waals surface area contributed by atoms with Crippen LogP contribution in [0.1, 0.15) is 65.9 Å². The Morgan fingerprint density at radius 3 is 2.62 bits per heavy atom. The number of fused-ring (bicyclic) bond motifs is 2. The van der Waals surface area contributed by atoms with E-state index in [0.29, 0.717) is 17.2 Å². The Hall–Kier alpha value is -2.86. The number of H-pyrrole nitrogens is 1. The fourth-order valence-corrected chi connectivity index (χ4v) is 5.47. The molecule has 4 rings (SSSR count). The van der Waals surface area contributed by atoms with E-state index in [4.69, 9.17) is 0 Å². The molecule has 1 saturated heterocycles. The summed E-state index contributed by atoms with van der Waals surface area (Å²) in [5.41, 5.74) is 5.36. The zero-order valence-corrected chi connectivity index (χ0v) is 20.8. The molecule has 3 heterocycles. The largest absolute Gasteiger partial charge is 0.368 e. The second-order valence-electron chi connectivity index (χ2n) is 9.44. The predicted octanol–water partition coefficient (Wildman–Crippen LogP) is 3.97. The van der Waals surface area contributed by atoms with E-state index in [-0.39, 0.29) is 18.0 Å². The van der Waals surface area contributed by atoms with Crippen molar-refractivity contribution in [3.8, 4) is 0 Å². The molecule has 6 nitrogen and oxygen atoms in total. The van der Waals surface area contributed by atoms with Gasteiger partial charge < -0.3 is 20.1 Å². The highest BCUT2D eigenvalue weighted by Gasteiger charge is 2.26. The van der Waals surface area contributed by atoms with Crippen molar-refractivity contribution in [2.75, 3.05) is 31.1 Å². The van der Waals surface area contributed by atoms with E-state index in [0.717, 1.165) is 75.1 Å². The summed E-state index contributed by atoms with van der Waals surface area (Å²) in [6, 6.07) is 8.60. The minimum atomic E-state index is -0.117. The molecule has 0 saturated carbocycles. The molecule has 1 fully saturated rings. The number of benzene rings is 1. The fraction of sp³-hybridized carbons (Fsp3) is 0.500. The van der Waals surface area contributed by atoms with E-state index in [1.54, 1.807) is 0 Å². The van der Waals surface area contributed by atoms with Gasteiger partial charge in [-0.25, -0.2) is 0 Å². The Balaban J connectivity index is 1.66. The lowest BCUT2D eigenvalue weighted by Gasteiger charge is -2.40. The summed E-state index contributed by atoms with van der Waals surface area (Å²) in [6.07, 6.45) is 9.05. The minimum Gasteiger partial charge on any atom is -0.368 e. The van der Waals surface area contributed by atoms with Crippen LogP contribution in [0.5, 0.6) is 0 Å². The average molecular weight is 463 g/mol. The first-order valence-corrected chi connectivity index (χ1v) is 12.8. The summed E-state index contributed by atoms with van der Waals surface area (Å²) in [6.45, 7) is 10.9. The number of aryl methyl sites for hydroxylation is 2. The zero-order chi connectivity index (χ0) is 24.1. The number of allylic oxidation sites excluding steroid dienone is 2. The van der Waals surface area contributed by atoms with Gasteiger partial charge in [0, 0.05) is 54.7 Å². The number of rotatable bonds is 4. The van der Waals surface area contributed by atoms with E-state index < -0.39 is 0 Å². The third-order valence-electron chi connectivity index (χ3n) is 7.35. The summed E-state index contributed by atoms with van der Waals surface area (Å²) >= 11 is 0. The highest BCUT2D eigenvalue weighted by atomic mass is 16.1. The number of piperidine rings is 1. The molecule has 0 unspecified atom stereocenters. The number of hydrogen-bond acceptors (Lipinski definition) is 4. The van der Waals surface area contributed by atoms with Crippen LogP contribution in [0.25, 0.3) is 0 Å². The number of nitrogens with zero attached hydrogens (tertiary/aromatic N) is 2. The molecule has 2 aromatic rings. The van der Waals surface area contributed by atoms with Crippen LogP contribution in [0.15, 0.2) is 41.2 Å². The van der Waals surface area contributed by atoms with Gasteiger partial charge in [0.2, 0.25) is 0 Å². The number of nitrogens with one attached hydrogen (secondary N) is 2. The topological polar surface area (TPSA) is 68.4 Å². The van der Waals surface area contributed by atoms with Crippen LogP contribution in [0.3, 0.4) is 0 Å². The van der Waals surface area contributed by atoms with Gasteiger partial charge in [0.05, 0.1) is 0 Å². The summed E-state index contributed by atoms with van der Waals surface area (Å²) in [4.78, 5) is 33.9. The number of pyridine rings is 1. The van der Waals surface area contributed by atoms with Crippen molar-refractivity contribution in [1.29, 1.82) is 0 Å². The van der Waals surface area contributed by atoms with Gasteiger partial charge >= 0.3 is 0 Å².